The van der Waals surface area contributed by atoms with Crippen LogP contribution in [0.4, 0.5) is 0 Å². The van der Waals surface area contributed by atoms with Crippen molar-refractivity contribution in [2.45, 2.75) is 18.4 Å². The molecule has 2 unspecified atom stereocenters. The molecular formula is C10H13NO. The summed E-state index contributed by atoms with van der Waals surface area (Å²) in [6.45, 7) is 0.540. The molecule has 1 aromatic carbocycles. The van der Waals surface area contributed by atoms with Gasteiger partial charge < -0.3 is 10.8 Å². The van der Waals surface area contributed by atoms with Gasteiger partial charge >= 0.3 is 0 Å². The lowest BCUT2D eigenvalue weighted by molar-refractivity contribution is 0.159. The molecule has 1 aromatic rings. The Balaban J connectivity index is 2.40. The normalized spacial score (nSPS) is 27.2. The average molecular weight is 163 g/mol. The minimum atomic E-state index is -0.271. The van der Waals surface area contributed by atoms with Crippen LogP contribution >= 0.6 is 0 Å². The summed E-state index contributed by atoms with van der Waals surface area (Å²) >= 11 is 0. The van der Waals surface area contributed by atoms with Gasteiger partial charge in [-0.15, -0.1) is 0 Å². The van der Waals surface area contributed by atoms with Crippen molar-refractivity contribution in [1.82, 2.24) is 0 Å². The van der Waals surface area contributed by atoms with Gasteiger partial charge in [0.2, 0.25) is 0 Å². The predicted molar refractivity (Wildman–Crippen MR) is 47.9 cm³/mol. The minimum absolute atomic E-state index is 0.154. The van der Waals surface area contributed by atoms with Crippen molar-refractivity contribution in [3.63, 3.8) is 0 Å². The molecule has 2 atom stereocenters. The molecule has 0 fully saturated rings. The summed E-state index contributed by atoms with van der Waals surface area (Å²) in [6, 6.07) is 8.13. The quantitative estimate of drug-likeness (QED) is 0.638. The Bertz CT molecular complexity index is 285. The van der Waals surface area contributed by atoms with Crippen LogP contribution in [0.2, 0.25) is 0 Å². The van der Waals surface area contributed by atoms with Gasteiger partial charge in [0.25, 0.3) is 0 Å². The maximum atomic E-state index is 9.63. The van der Waals surface area contributed by atoms with E-state index in [2.05, 4.69) is 12.1 Å². The van der Waals surface area contributed by atoms with Crippen molar-refractivity contribution in [2.24, 2.45) is 5.73 Å². The number of hydrogen-bond acceptors (Lipinski definition) is 2. The average Bonchev–Trinajstić information content (AvgIpc) is 2.40. The third kappa shape index (κ3) is 1.04. The van der Waals surface area contributed by atoms with E-state index < -0.39 is 0 Å². The molecule has 2 heteroatoms. The second kappa shape index (κ2) is 2.88. The first-order valence-electron chi connectivity index (χ1n) is 4.29. The Kier molecular flexibility index (Phi) is 1.87. The summed E-state index contributed by atoms with van der Waals surface area (Å²) in [5, 5.41) is 9.63. The summed E-state index contributed by atoms with van der Waals surface area (Å²) in [4.78, 5) is 0. The van der Waals surface area contributed by atoms with Crippen molar-refractivity contribution in [2.75, 3.05) is 6.54 Å². The molecule has 2 nitrogen and oxygen atoms in total. The molecule has 0 aliphatic heterocycles. The molecule has 0 aromatic heterocycles. The van der Waals surface area contributed by atoms with E-state index in [0.29, 0.717) is 6.54 Å². The predicted octanol–water partition coefficient (Wildman–Crippen LogP) is 0.646. The highest BCUT2D eigenvalue weighted by Gasteiger charge is 2.28. The van der Waals surface area contributed by atoms with Crippen molar-refractivity contribution >= 4 is 0 Å². The minimum Gasteiger partial charge on any atom is -0.392 e. The molecule has 3 N–H and O–H groups in total. The van der Waals surface area contributed by atoms with Gasteiger partial charge in [0, 0.05) is 12.5 Å². The lowest BCUT2D eigenvalue weighted by Crippen LogP contribution is -2.21. The van der Waals surface area contributed by atoms with Crippen LogP contribution in [0.15, 0.2) is 24.3 Å². The van der Waals surface area contributed by atoms with Gasteiger partial charge in [-0.1, -0.05) is 24.3 Å². The van der Waals surface area contributed by atoms with Crippen LogP contribution in [0, 0.1) is 0 Å². The molecule has 64 valence electrons. The van der Waals surface area contributed by atoms with Crippen molar-refractivity contribution < 1.29 is 5.11 Å². The SMILES string of the molecule is NCC1c2ccccc2CC1O. The van der Waals surface area contributed by atoms with Crippen LogP contribution in [0.25, 0.3) is 0 Å². The molecule has 0 saturated heterocycles. The van der Waals surface area contributed by atoms with Crippen LogP contribution in [0.3, 0.4) is 0 Å². The molecule has 0 amide bonds. The fourth-order valence-corrected chi connectivity index (χ4v) is 1.94. The lowest BCUT2D eigenvalue weighted by Gasteiger charge is -2.11. The van der Waals surface area contributed by atoms with Crippen molar-refractivity contribution in [1.29, 1.82) is 0 Å². The molecule has 2 rings (SSSR count). The highest BCUT2D eigenvalue weighted by Crippen LogP contribution is 2.31. The zero-order chi connectivity index (χ0) is 8.55. The summed E-state index contributed by atoms with van der Waals surface area (Å²) in [5.74, 6) is 0.154. The van der Waals surface area contributed by atoms with Gasteiger partial charge in [0.1, 0.15) is 0 Å². The number of hydrogen-bond donors (Lipinski definition) is 2. The largest absolute Gasteiger partial charge is 0.392 e. The van der Waals surface area contributed by atoms with Gasteiger partial charge in [-0.05, 0) is 17.5 Å². The smallest absolute Gasteiger partial charge is 0.0661 e. The van der Waals surface area contributed by atoms with Gasteiger partial charge in [0.15, 0.2) is 0 Å². The van der Waals surface area contributed by atoms with Gasteiger partial charge in [-0.3, -0.25) is 0 Å². The van der Waals surface area contributed by atoms with Gasteiger partial charge in [-0.2, -0.15) is 0 Å². The second-order valence-electron chi connectivity index (χ2n) is 3.31. The zero-order valence-electron chi connectivity index (χ0n) is 6.90. The number of aliphatic hydroxyl groups excluding tert-OH is 1. The molecule has 12 heavy (non-hydrogen) atoms. The molecule has 0 spiro atoms. The Labute approximate surface area is 72.0 Å². The van der Waals surface area contributed by atoms with E-state index in [9.17, 15) is 5.11 Å². The van der Waals surface area contributed by atoms with E-state index in [1.54, 1.807) is 0 Å². The van der Waals surface area contributed by atoms with Crippen LogP contribution in [0.5, 0.6) is 0 Å². The molecule has 1 aliphatic carbocycles. The number of benzene rings is 1. The third-order valence-corrected chi connectivity index (χ3v) is 2.60. The second-order valence-corrected chi connectivity index (χ2v) is 3.31. The van der Waals surface area contributed by atoms with Crippen LogP contribution in [-0.2, 0) is 6.42 Å². The van der Waals surface area contributed by atoms with E-state index in [4.69, 9.17) is 5.73 Å². The molecule has 0 saturated carbocycles. The lowest BCUT2D eigenvalue weighted by atomic mass is 10.0. The maximum Gasteiger partial charge on any atom is 0.0661 e. The standard InChI is InChI=1S/C10H13NO/c11-6-9-8-4-2-1-3-7(8)5-10(9)12/h1-4,9-10,12H,5-6,11H2. The number of rotatable bonds is 1. The highest BCUT2D eigenvalue weighted by molar-refractivity contribution is 5.37. The van der Waals surface area contributed by atoms with Crippen LogP contribution in [-0.4, -0.2) is 17.8 Å². The first kappa shape index (κ1) is 7.77. The van der Waals surface area contributed by atoms with Crippen LogP contribution in [0.1, 0.15) is 17.0 Å². The third-order valence-electron chi connectivity index (χ3n) is 2.60. The van der Waals surface area contributed by atoms with Crippen molar-refractivity contribution in [3.8, 4) is 0 Å². The Morgan fingerprint density at radius 1 is 1.42 bits per heavy atom. The van der Waals surface area contributed by atoms with E-state index in [1.165, 1.54) is 11.1 Å². The monoisotopic (exact) mass is 163 g/mol. The summed E-state index contributed by atoms with van der Waals surface area (Å²) in [5.41, 5.74) is 8.06. The Morgan fingerprint density at radius 2 is 2.17 bits per heavy atom. The number of aliphatic hydroxyl groups is 1. The number of nitrogens with two attached hydrogens (primary N) is 1. The molecule has 1 aliphatic rings. The first-order chi connectivity index (χ1) is 5.83. The van der Waals surface area contributed by atoms with Crippen molar-refractivity contribution in [3.05, 3.63) is 35.4 Å². The molecule has 0 radical (unpaired) electrons. The fraction of sp³-hybridized carbons (Fsp3) is 0.400. The first-order valence-corrected chi connectivity index (χ1v) is 4.29. The topological polar surface area (TPSA) is 46.2 Å². The van der Waals surface area contributed by atoms with E-state index in [0.717, 1.165) is 6.42 Å². The molecule has 0 heterocycles. The Morgan fingerprint density at radius 3 is 2.92 bits per heavy atom. The van der Waals surface area contributed by atoms with Gasteiger partial charge in [0.05, 0.1) is 6.10 Å². The highest BCUT2D eigenvalue weighted by atomic mass is 16.3. The van der Waals surface area contributed by atoms with E-state index >= 15 is 0 Å². The number of fused-ring (bicyclic) bond motifs is 1. The van der Waals surface area contributed by atoms with Crippen LogP contribution < -0.4 is 5.73 Å². The Hall–Kier alpha value is -0.860. The fourth-order valence-electron chi connectivity index (χ4n) is 1.94. The van der Waals surface area contributed by atoms with E-state index in [1.807, 2.05) is 12.1 Å². The molecular weight excluding hydrogens is 150 g/mol. The molecule has 0 bridgehead atoms. The zero-order valence-corrected chi connectivity index (χ0v) is 6.90. The van der Waals surface area contributed by atoms with Gasteiger partial charge in [-0.25, -0.2) is 0 Å². The summed E-state index contributed by atoms with van der Waals surface area (Å²) in [7, 11) is 0. The van der Waals surface area contributed by atoms with E-state index in [-0.39, 0.29) is 12.0 Å². The summed E-state index contributed by atoms with van der Waals surface area (Å²) in [6.07, 6.45) is 0.491. The maximum absolute atomic E-state index is 9.63. The summed E-state index contributed by atoms with van der Waals surface area (Å²) < 4.78 is 0.